The Morgan fingerprint density at radius 2 is 1.92 bits per heavy atom. The molecule has 0 amide bonds. The van der Waals surface area contributed by atoms with E-state index in [0.717, 1.165) is 23.1 Å². The Hall–Kier alpha value is -3.41. The largest absolute Gasteiger partial charge is 0.505 e. The number of hydrogen-bond donors (Lipinski definition) is 3. The fraction of sp³-hybridized carbons (Fsp3) is 0.150. The van der Waals surface area contributed by atoms with E-state index in [0.29, 0.717) is 29.6 Å². The number of para-hydroxylation sites is 4. The number of aromatic hydroxyl groups is 1. The zero-order chi connectivity index (χ0) is 18.1. The predicted octanol–water partition coefficient (Wildman–Crippen LogP) is 4.10. The van der Waals surface area contributed by atoms with Gasteiger partial charge in [-0.05, 0) is 30.7 Å². The molecular weight excluding hydrogens is 328 g/mol. The van der Waals surface area contributed by atoms with E-state index in [1.165, 1.54) is 0 Å². The Bertz CT molecular complexity index is 1030. The molecule has 0 saturated heterocycles. The van der Waals surface area contributed by atoms with Gasteiger partial charge in [-0.15, -0.1) is 0 Å². The van der Waals surface area contributed by atoms with Gasteiger partial charge in [-0.25, -0.2) is 4.98 Å². The summed E-state index contributed by atoms with van der Waals surface area (Å²) in [4.78, 5) is 7.76. The molecular formula is C20H20N4O2. The average Bonchev–Trinajstić information content (AvgIpc) is 3.20. The van der Waals surface area contributed by atoms with Gasteiger partial charge in [0.25, 0.3) is 0 Å². The minimum atomic E-state index is 0.0619. The molecule has 4 rings (SSSR count). The first-order valence-corrected chi connectivity index (χ1v) is 8.56. The first kappa shape index (κ1) is 16.1. The Kier molecular flexibility index (Phi) is 4.01. The van der Waals surface area contributed by atoms with Crippen LogP contribution in [-0.4, -0.2) is 26.2 Å². The molecule has 0 radical (unpaired) electrons. The molecule has 0 unspecified atom stereocenters. The highest BCUT2D eigenvalue weighted by Crippen LogP contribution is 2.39. The number of hydrogen-bond acceptors (Lipinski definition) is 4. The Labute approximate surface area is 150 Å². The van der Waals surface area contributed by atoms with Gasteiger partial charge < -0.3 is 20.6 Å². The van der Waals surface area contributed by atoms with E-state index < -0.39 is 0 Å². The Morgan fingerprint density at radius 1 is 1.15 bits per heavy atom. The highest BCUT2D eigenvalue weighted by molar-refractivity contribution is 5.85. The minimum absolute atomic E-state index is 0.0619. The standard InChI is InChI=1S/C20H20N4O2/c1-2-11-26-17-10-6-5-9-15(17)24-12-16(25)18(19(24)21)20-22-13-7-3-4-8-14(13)23-20/h3-10,12,25H,2,11,21H2,1H3,(H,22,23). The van der Waals surface area contributed by atoms with E-state index in [-0.39, 0.29) is 5.75 Å². The summed E-state index contributed by atoms with van der Waals surface area (Å²) in [5.74, 6) is 1.71. The first-order chi connectivity index (χ1) is 12.7. The third-order valence-electron chi connectivity index (χ3n) is 4.24. The monoisotopic (exact) mass is 348 g/mol. The Morgan fingerprint density at radius 3 is 2.73 bits per heavy atom. The summed E-state index contributed by atoms with van der Waals surface area (Å²) in [5, 5.41) is 10.5. The van der Waals surface area contributed by atoms with Gasteiger partial charge in [-0.2, -0.15) is 0 Å². The number of imidazole rings is 1. The van der Waals surface area contributed by atoms with E-state index >= 15 is 0 Å². The van der Waals surface area contributed by atoms with Gasteiger partial charge in [-0.3, -0.25) is 4.57 Å². The van der Waals surface area contributed by atoms with Crippen LogP contribution in [0.3, 0.4) is 0 Å². The topological polar surface area (TPSA) is 89.1 Å². The molecule has 0 spiro atoms. The van der Waals surface area contributed by atoms with Crippen LogP contribution in [0, 0.1) is 0 Å². The molecule has 0 fully saturated rings. The summed E-state index contributed by atoms with van der Waals surface area (Å²) < 4.78 is 7.54. The van der Waals surface area contributed by atoms with Crippen LogP contribution in [0.5, 0.6) is 11.5 Å². The molecule has 4 N–H and O–H groups in total. The lowest BCUT2D eigenvalue weighted by atomic mass is 10.2. The summed E-state index contributed by atoms with van der Waals surface area (Å²) >= 11 is 0. The number of anilines is 1. The third-order valence-corrected chi connectivity index (χ3v) is 4.24. The molecule has 0 saturated carbocycles. The lowest BCUT2D eigenvalue weighted by molar-refractivity contribution is 0.316. The fourth-order valence-corrected chi connectivity index (χ4v) is 3.01. The lowest BCUT2D eigenvalue weighted by Crippen LogP contribution is -2.04. The second-order valence-corrected chi connectivity index (χ2v) is 6.06. The number of fused-ring (bicyclic) bond motifs is 1. The van der Waals surface area contributed by atoms with Gasteiger partial charge in [0, 0.05) is 0 Å². The van der Waals surface area contributed by atoms with Gasteiger partial charge in [0.15, 0.2) is 0 Å². The van der Waals surface area contributed by atoms with Gasteiger partial charge in [0.2, 0.25) is 0 Å². The average molecular weight is 348 g/mol. The van der Waals surface area contributed by atoms with Crippen LogP contribution >= 0.6 is 0 Å². The molecule has 0 bridgehead atoms. The summed E-state index contributed by atoms with van der Waals surface area (Å²) in [6.45, 7) is 2.67. The molecule has 2 aromatic heterocycles. The number of benzene rings is 2. The molecule has 132 valence electrons. The van der Waals surface area contributed by atoms with E-state index in [2.05, 4.69) is 16.9 Å². The second-order valence-electron chi connectivity index (χ2n) is 6.06. The summed E-state index contributed by atoms with van der Waals surface area (Å²) in [5.41, 5.74) is 9.34. The molecule has 4 aromatic rings. The molecule has 0 aliphatic carbocycles. The summed E-state index contributed by atoms with van der Waals surface area (Å²) in [7, 11) is 0. The summed E-state index contributed by atoms with van der Waals surface area (Å²) in [6, 6.07) is 15.3. The van der Waals surface area contributed by atoms with Crippen molar-refractivity contribution in [2.75, 3.05) is 12.3 Å². The second kappa shape index (κ2) is 6.48. The van der Waals surface area contributed by atoms with Crippen LogP contribution in [-0.2, 0) is 0 Å². The fourth-order valence-electron chi connectivity index (χ4n) is 3.01. The maximum Gasteiger partial charge on any atom is 0.146 e. The van der Waals surface area contributed by atoms with Crippen molar-refractivity contribution in [1.82, 2.24) is 14.5 Å². The zero-order valence-corrected chi connectivity index (χ0v) is 14.4. The number of H-pyrrole nitrogens is 1. The van der Waals surface area contributed by atoms with Crippen LogP contribution in [0.15, 0.2) is 54.7 Å². The van der Waals surface area contributed by atoms with Crippen molar-refractivity contribution in [3.8, 4) is 28.6 Å². The number of aromatic amines is 1. The maximum atomic E-state index is 10.5. The van der Waals surface area contributed by atoms with Crippen molar-refractivity contribution in [3.63, 3.8) is 0 Å². The van der Waals surface area contributed by atoms with Gasteiger partial charge >= 0.3 is 0 Å². The lowest BCUT2D eigenvalue weighted by Gasteiger charge is -2.13. The van der Waals surface area contributed by atoms with E-state index in [4.69, 9.17) is 10.5 Å². The SMILES string of the molecule is CCCOc1ccccc1-n1cc(O)c(-c2nc3ccccc3[nH]2)c1N. The molecule has 0 aliphatic rings. The number of aromatic nitrogens is 3. The van der Waals surface area contributed by atoms with Crippen molar-refractivity contribution >= 4 is 16.9 Å². The van der Waals surface area contributed by atoms with Crippen molar-refractivity contribution in [2.24, 2.45) is 0 Å². The maximum absolute atomic E-state index is 10.5. The number of ether oxygens (including phenoxy) is 1. The van der Waals surface area contributed by atoms with Crippen LogP contribution in [0.2, 0.25) is 0 Å². The molecule has 0 aliphatic heterocycles. The molecule has 2 heterocycles. The normalized spacial score (nSPS) is 11.1. The van der Waals surface area contributed by atoms with Gasteiger partial charge in [0.1, 0.15) is 28.7 Å². The van der Waals surface area contributed by atoms with E-state index in [1.807, 2.05) is 48.5 Å². The highest BCUT2D eigenvalue weighted by Gasteiger charge is 2.20. The smallest absolute Gasteiger partial charge is 0.146 e. The number of nitrogen functional groups attached to an aromatic ring is 1. The van der Waals surface area contributed by atoms with Crippen LogP contribution in [0.25, 0.3) is 28.1 Å². The molecule has 6 heteroatoms. The van der Waals surface area contributed by atoms with Crippen LogP contribution in [0.4, 0.5) is 5.82 Å². The third kappa shape index (κ3) is 2.65. The van der Waals surface area contributed by atoms with Crippen LogP contribution in [0.1, 0.15) is 13.3 Å². The quantitative estimate of drug-likeness (QED) is 0.506. The molecule has 0 atom stereocenters. The van der Waals surface area contributed by atoms with Crippen molar-refractivity contribution in [3.05, 3.63) is 54.7 Å². The zero-order valence-electron chi connectivity index (χ0n) is 14.4. The van der Waals surface area contributed by atoms with Crippen molar-refractivity contribution < 1.29 is 9.84 Å². The van der Waals surface area contributed by atoms with Gasteiger partial charge in [0.05, 0.1) is 29.5 Å². The number of nitrogens with one attached hydrogen (secondary N) is 1. The molecule has 6 nitrogen and oxygen atoms in total. The molecule has 26 heavy (non-hydrogen) atoms. The summed E-state index contributed by atoms with van der Waals surface area (Å²) in [6.07, 6.45) is 2.50. The number of rotatable bonds is 5. The number of nitrogens with two attached hydrogens (primary N) is 1. The van der Waals surface area contributed by atoms with Crippen molar-refractivity contribution in [1.29, 1.82) is 0 Å². The van der Waals surface area contributed by atoms with Gasteiger partial charge in [-0.1, -0.05) is 31.2 Å². The van der Waals surface area contributed by atoms with E-state index in [1.54, 1.807) is 10.8 Å². The van der Waals surface area contributed by atoms with E-state index in [9.17, 15) is 5.11 Å². The van der Waals surface area contributed by atoms with Crippen LogP contribution < -0.4 is 10.5 Å². The van der Waals surface area contributed by atoms with Crippen molar-refractivity contribution in [2.45, 2.75) is 13.3 Å². The predicted molar refractivity (Wildman–Crippen MR) is 103 cm³/mol. The minimum Gasteiger partial charge on any atom is -0.505 e. The highest BCUT2D eigenvalue weighted by atomic mass is 16.5. The molecule has 2 aromatic carbocycles. The first-order valence-electron chi connectivity index (χ1n) is 8.56. The number of nitrogens with zero attached hydrogens (tertiary/aromatic N) is 2. The Balaban J connectivity index is 1.83.